The lowest BCUT2D eigenvalue weighted by Gasteiger charge is -2.10. The molecule has 1 aromatic heterocycles. The topological polar surface area (TPSA) is 56.7 Å². The van der Waals surface area contributed by atoms with Crippen molar-refractivity contribution in [1.29, 1.82) is 0 Å². The van der Waals surface area contributed by atoms with Crippen molar-refractivity contribution in [3.05, 3.63) is 47.8 Å². The average Bonchev–Trinajstić information content (AvgIpc) is 2.68. The summed E-state index contributed by atoms with van der Waals surface area (Å²) in [5.41, 5.74) is 7.06. The van der Waals surface area contributed by atoms with Gasteiger partial charge in [0.05, 0.1) is 0 Å². The molecular formula is C12H15FN4. The van der Waals surface area contributed by atoms with E-state index in [1.54, 1.807) is 16.8 Å². The summed E-state index contributed by atoms with van der Waals surface area (Å²) in [4.78, 5) is 4.12. The first-order valence-corrected chi connectivity index (χ1v) is 5.48. The Balaban J connectivity index is 1.95. The van der Waals surface area contributed by atoms with E-state index in [9.17, 15) is 4.39 Å². The molecule has 0 radical (unpaired) electrons. The molecule has 0 spiro atoms. The normalized spacial score (nSPS) is 12.6. The van der Waals surface area contributed by atoms with Crippen LogP contribution in [0.3, 0.4) is 0 Å². The van der Waals surface area contributed by atoms with Gasteiger partial charge in [-0.15, -0.1) is 0 Å². The van der Waals surface area contributed by atoms with E-state index in [-0.39, 0.29) is 11.9 Å². The maximum absolute atomic E-state index is 12.7. The Morgan fingerprint density at radius 3 is 2.59 bits per heavy atom. The van der Waals surface area contributed by atoms with E-state index in [4.69, 9.17) is 5.73 Å². The molecule has 0 aliphatic rings. The van der Waals surface area contributed by atoms with Crippen molar-refractivity contribution in [2.45, 2.75) is 18.9 Å². The third-order valence-electron chi connectivity index (χ3n) is 2.66. The third-order valence-corrected chi connectivity index (χ3v) is 2.66. The summed E-state index contributed by atoms with van der Waals surface area (Å²) in [7, 11) is 1.84. The van der Waals surface area contributed by atoms with Crippen LogP contribution in [0.1, 0.15) is 11.4 Å². The molecule has 17 heavy (non-hydrogen) atoms. The fraction of sp³-hybridized carbons (Fsp3) is 0.333. The first-order valence-electron chi connectivity index (χ1n) is 5.48. The Morgan fingerprint density at radius 2 is 2.00 bits per heavy atom. The Labute approximate surface area is 99.3 Å². The predicted octanol–water partition coefficient (Wildman–Crippen LogP) is 1.07. The standard InChI is InChI=1S/C12H15FN4/c1-17-12(15-8-16-17)7-11(14)6-9-2-4-10(13)5-3-9/h2-5,8,11H,6-7,14H2,1H3. The van der Waals surface area contributed by atoms with Gasteiger partial charge >= 0.3 is 0 Å². The van der Waals surface area contributed by atoms with Crippen LogP contribution in [0.4, 0.5) is 4.39 Å². The fourth-order valence-corrected chi connectivity index (χ4v) is 1.73. The quantitative estimate of drug-likeness (QED) is 0.860. The van der Waals surface area contributed by atoms with Gasteiger partial charge in [0.1, 0.15) is 18.0 Å². The number of benzene rings is 1. The second-order valence-corrected chi connectivity index (χ2v) is 4.09. The molecule has 0 saturated carbocycles. The van der Waals surface area contributed by atoms with Crippen LogP contribution in [0.2, 0.25) is 0 Å². The molecule has 2 rings (SSSR count). The molecule has 1 aromatic carbocycles. The van der Waals surface area contributed by atoms with Gasteiger partial charge in [0.25, 0.3) is 0 Å². The summed E-state index contributed by atoms with van der Waals surface area (Å²) >= 11 is 0. The van der Waals surface area contributed by atoms with Crippen molar-refractivity contribution >= 4 is 0 Å². The van der Waals surface area contributed by atoms with Gasteiger partial charge in [-0.1, -0.05) is 12.1 Å². The number of halogens is 1. The van der Waals surface area contributed by atoms with Crippen LogP contribution in [0, 0.1) is 5.82 Å². The van der Waals surface area contributed by atoms with Gasteiger partial charge < -0.3 is 5.73 Å². The van der Waals surface area contributed by atoms with Gasteiger partial charge in [-0.3, -0.25) is 4.68 Å². The summed E-state index contributed by atoms with van der Waals surface area (Å²) < 4.78 is 14.4. The molecule has 0 aliphatic heterocycles. The lowest BCUT2D eigenvalue weighted by molar-refractivity contribution is 0.599. The number of hydrogen-bond acceptors (Lipinski definition) is 3. The van der Waals surface area contributed by atoms with Gasteiger partial charge in [-0.2, -0.15) is 5.10 Å². The van der Waals surface area contributed by atoms with E-state index in [0.717, 1.165) is 11.4 Å². The Kier molecular flexibility index (Phi) is 3.49. The van der Waals surface area contributed by atoms with E-state index in [1.165, 1.54) is 18.5 Å². The first kappa shape index (κ1) is 11.7. The first-order chi connectivity index (χ1) is 8.15. The van der Waals surface area contributed by atoms with E-state index in [1.807, 2.05) is 7.05 Å². The van der Waals surface area contributed by atoms with Gasteiger partial charge in [0.2, 0.25) is 0 Å². The molecule has 0 saturated heterocycles. The minimum absolute atomic E-state index is 0.0386. The highest BCUT2D eigenvalue weighted by Crippen LogP contribution is 2.07. The molecule has 0 fully saturated rings. The zero-order valence-electron chi connectivity index (χ0n) is 9.68. The van der Waals surface area contributed by atoms with Gasteiger partial charge in [0.15, 0.2) is 0 Å². The Morgan fingerprint density at radius 1 is 1.29 bits per heavy atom. The van der Waals surface area contributed by atoms with Crippen molar-refractivity contribution in [3.8, 4) is 0 Å². The van der Waals surface area contributed by atoms with Crippen molar-refractivity contribution in [2.24, 2.45) is 12.8 Å². The average molecular weight is 234 g/mol. The second kappa shape index (κ2) is 5.05. The maximum Gasteiger partial charge on any atom is 0.138 e. The minimum Gasteiger partial charge on any atom is -0.327 e. The summed E-state index contributed by atoms with van der Waals surface area (Å²) in [5, 5.41) is 3.99. The Hall–Kier alpha value is -1.75. The number of aryl methyl sites for hydroxylation is 1. The molecule has 0 amide bonds. The van der Waals surface area contributed by atoms with Crippen molar-refractivity contribution in [2.75, 3.05) is 0 Å². The van der Waals surface area contributed by atoms with E-state index in [0.29, 0.717) is 12.8 Å². The van der Waals surface area contributed by atoms with Crippen LogP contribution in [0.15, 0.2) is 30.6 Å². The molecule has 1 unspecified atom stereocenters. The molecule has 2 aromatic rings. The summed E-state index contributed by atoms with van der Waals surface area (Å²) in [6, 6.07) is 6.37. The highest BCUT2D eigenvalue weighted by molar-refractivity contribution is 5.17. The number of nitrogens with zero attached hydrogens (tertiary/aromatic N) is 3. The SMILES string of the molecule is Cn1ncnc1CC(N)Cc1ccc(F)cc1. The molecule has 1 atom stereocenters. The van der Waals surface area contributed by atoms with Crippen LogP contribution >= 0.6 is 0 Å². The van der Waals surface area contributed by atoms with Crippen LogP contribution in [0.25, 0.3) is 0 Å². The van der Waals surface area contributed by atoms with E-state index in [2.05, 4.69) is 10.1 Å². The van der Waals surface area contributed by atoms with Crippen molar-refractivity contribution in [3.63, 3.8) is 0 Å². The maximum atomic E-state index is 12.7. The highest BCUT2D eigenvalue weighted by Gasteiger charge is 2.09. The zero-order chi connectivity index (χ0) is 12.3. The van der Waals surface area contributed by atoms with Gasteiger partial charge in [-0.25, -0.2) is 9.37 Å². The number of rotatable bonds is 4. The molecule has 5 heteroatoms. The summed E-state index contributed by atoms with van der Waals surface area (Å²) in [6.07, 6.45) is 2.88. The predicted molar refractivity (Wildman–Crippen MR) is 62.8 cm³/mol. The second-order valence-electron chi connectivity index (χ2n) is 4.09. The lowest BCUT2D eigenvalue weighted by Crippen LogP contribution is -2.27. The minimum atomic E-state index is -0.226. The summed E-state index contributed by atoms with van der Waals surface area (Å²) in [5.74, 6) is 0.634. The largest absolute Gasteiger partial charge is 0.327 e. The number of hydrogen-bond donors (Lipinski definition) is 1. The van der Waals surface area contributed by atoms with Crippen LogP contribution in [-0.4, -0.2) is 20.8 Å². The highest BCUT2D eigenvalue weighted by atomic mass is 19.1. The fourth-order valence-electron chi connectivity index (χ4n) is 1.73. The third kappa shape index (κ3) is 3.10. The summed E-state index contributed by atoms with van der Waals surface area (Å²) in [6.45, 7) is 0. The monoisotopic (exact) mass is 234 g/mol. The molecule has 4 nitrogen and oxygen atoms in total. The zero-order valence-corrected chi connectivity index (χ0v) is 9.68. The van der Waals surface area contributed by atoms with E-state index < -0.39 is 0 Å². The lowest BCUT2D eigenvalue weighted by atomic mass is 10.0. The molecule has 90 valence electrons. The molecule has 2 N–H and O–H groups in total. The van der Waals surface area contributed by atoms with Gasteiger partial charge in [0, 0.05) is 19.5 Å². The molecule has 0 aliphatic carbocycles. The number of nitrogens with two attached hydrogens (primary N) is 1. The van der Waals surface area contributed by atoms with Crippen LogP contribution in [-0.2, 0) is 19.9 Å². The van der Waals surface area contributed by atoms with E-state index >= 15 is 0 Å². The Bertz CT molecular complexity index is 478. The van der Waals surface area contributed by atoms with Crippen LogP contribution in [0.5, 0.6) is 0 Å². The molecule has 0 bridgehead atoms. The smallest absolute Gasteiger partial charge is 0.138 e. The molecule has 1 heterocycles. The van der Waals surface area contributed by atoms with Crippen molar-refractivity contribution < 1.29 is 4.39 Å². The van der Waals surface area contributed by atoms with Gasteiger partial charge in [-0.05, 0) is 24.1 Å². The van der Waals surface area contributed by atoms with Crippen LogP contribution < -0.4 is 5.73 Å². The van der Waals surface area contributed by atoms with Crippen molar-refractivity contribution in [1.82, 2.24) is 14.8 Å². The molecular weight excluding hydrogens is 219 g/mol. The number of aromatic nitrogens is 3.